The Morgan fingerprint density at radius 2 is 2.14 bits per heavy atom. The fourth-order valence-corrected chi connectivity index (χ4v) is 2.05. The summed E-state index contributed by atoms with van der Waals surface area (Å²) >= 11 is 6.04. The number of carbonyl (C=O) groups is 1. The normalized spacial score (nSPS) is 10.9. The number of hydrogen-bond acceptors (Lipinski definition) is 3. The van der Waals surface area contributed by atoms with E-state index in [-0.39, 0.29) is 5.91 Å². The lowest BCUT2D eigenvalue weighted by molar-refractivity contribution is -0.116. The third kappa shape index (κ3) is 4.36. The molecule has 0 unspecified atom stereocenters. The molecule has 0 saturated heterocycles. The minimum atomic E-state index is -0.196. The topological polar surface area (TPSA) is 56.2 Å². The minimum absolute atomic E-state index is 0.196. The van der Waals surface area contributed by atoms with E-state index in [1.54, 1.807) is 24.1 Å². The molecule has 6 heteroatoms. The van der Waals surface area contributed by atoms with Crippen molar-refractivity contribution in [2.24, 2.45) is 0 Å². The Balaban J connectivity index is 1.88. The molecule has 0 fully saturated rings. The number of nitrogens with zero attached hydrogens (tertiary/aromatic N) is 2. The number of aryl methyl sites for hydroxylation is 1. The van der Waals surface area contributed by atoms with Crippen LogP contribution in [0.3, 0.4) is 0 Å². The van der Waals surface area contributed by atoms with E-state index in [1.165, 1.54) is 6.08 Å². The molecular formula is C16H18ClN3O2. The zero-order valence-corrected chi connectivity index (χ0v) is 13.3. The second-order valence-corrected chi connectivity index (χ2v) is 5.01. The van der Waals surface area contributed by atoms with E-state index in [2.05, 4.69) is 10.4 Å². The van der Waals surface area contributed by atoms with E-state index in [0.717, 1.165) is 17.9 Å². The van der Waals surface area contributed by atoms with Crippen LogP contribution >= 0.6 is 11.6 Å². The van der Waals surface area contributed by atoms with Crippen molar-refractivity contribution in [2.75, 3.05) is 7.11 Å². The molecule has 1 amide bonds. The predicted octanol–water partition coefficient (Wildman–Crippen LogP) is 2.89. The van der Waals surface area contributed by atoms with Gasteiger partial charge in [0.25, 0.3) is 0 Å². The summed E-state index contributed by atoms with van der Waals surface area (Å²) in [6.45, 7) is 3.02. The Morgan fingerprint density at radius 1 is 1.41 bits per heavy atom. The van der Waals surface area contributed by atoms with Crippen molar-refractivity contribution in [3.8, 4) is 5.75 Å². The summed E-state index contributed by atoms with van der Waals surface area (Å²) in [7, 11) is 1.61. The first-order chi connectivity index (χ1) is 10.6. The van der Waals surface area contributed by atoms with Crippen molar-refractivity contribution in [1.82, 2.24) is 15.1 Å². The molecule has 0 saturated carbocycles. The van der Waals surface area contributed by atoms with Gasteiger partial charge in [-0.1, -0.05) is 23.7 Å². The lowest BCUT2D eigenvalue weighted by Crippen LogP contribution is -2.20. The Morgan fingerprint density at radius 3 is 2.73 bits per heavy atom. The van der Waals surface area contributed by atoms with Crippen LogP contribution in [0, 0.1) is 0 Å². The molecule has 0 aliphatic heterocycles. The van der Waals surface area contributed by atoms with Crippen molar-refractivity contribution in [1.29, 1.82) is 0 Å². The highest BCUT2D eigenvalue weighted by Crippen LogP contribution is 2.14. The quantitative estimate of drug-likeness (QED) is 0.833. The molecule has 0 aliphatic rings. The highest BCUT2D eigenvalue weighted by atomic mass is 35.5. The second-order valence-electron chi connectivity index (χ2n) is 4.60. The zero-order chi connectivity index (χ0) is 15.9. The minimum Gasteiger partial charge on any atom is -0.497 e. The number of halogens is 1. The number of benzene rings is 1. The molecular weight excluding hydrogens is 302 g/mol. The van der Waals surface area contributed by atoms with Gasteiger partial charge < -0.3 is 10.1 Å². The van der Waals surface area contributed by atoms with Gasteiger partial charge in [0.2, 0.25) is 5.91 Å². The summed E-state index contributed by atoms with van der Waals surface area (Å²) in [5.74, 6) is 0.584. The highest BCUT2D eigenvalue weighted by Gasteiger charge is 2.06. The first-order valence-corrected chi connectivity index (χ1v) is 7.32. The maximum absolute atomic E-state index is 11.8. The Kier molecular flexibility index (Phi) is 5.61. The van der Waals surface area contributed by atoms with Crippen LogP contribution in [0.5, 0.6) is 5.75 Å². The molecule has 0 aliphatic carbocycles. The van der Waals surface area contributed by atoms with Crippen LogP contribution in [-0.4, -0.2) is 22.8 Å². The smallest absolute Gasteiger partial charge is 0.244 e. The van der Waals surface area contributed by atoms with Gasteiger partial charge >= 0.3 is 0 Å². The van der Waals surface area contributed by atoms with E-state index >= 15 is 0 Å². The van der Waals surface area contributed by atoms with Gasteiger partial charge in [0.1, 0.15) is 11.4 Å². The molecule has 1 heterocycles. The fourth-order valence-electron chi connectivity index (χ4n) is 1.84. The lowest BCUT2D eigenvalue weighted by Gasteiger charge is -2.01. The first-order valence-electron chi connectivity index (χ1n) is 6.94. The summed E-state index contributed by atoms with van der Waals surface area (Å²) in [5, 5.41) is 7.59. The van der Waals surface area contributed by atoms with E-state index in [1.807, 2.05) is 31.2 Å². The number of amides is 1. The molecule has 1 aromatic carbocycles. The average Bonchev–Trinajstić information content (AvgIpc) is 2.91. The largest absolute Gasteiger partial charge is 0.497 e. The molecule has 2 aromatic rings. The summed E-state index contributed by atoms with van der Waals surface area (Å²) in [5.41, 5.74) is 1.58. The SMILES string of the molecule is CCn1cc(Cl)c(CNC(=O)/C=C/c2ccc(OC)cc2)n1. The van der Waals surface area contributed by atoms with Crippen LogP contribution in [0.4, 0.5) is 0 Å². The van der Waals surface area contributed by atoms with Gasteiger partial charge in [-0.15, -0.1) is 0 Å². The monoisotopic (exact) mass is 319 g/mol. The van der Waals surface area contributed by atoms with Crippen LogP contribution in [0.2, 0.25) is 5.02 Å². The van der Waals surface area contributed by atoms with E-state index in [4.69, 9.17) is 16.3 Å². The molecule has 0 atom stereocenters. The zero-order valence-electron chi connectivity index (χ0n) is 12.5. The predicted molar refractivity (Wildman–Crippen MR) is 86.8 cm³/mol. The van der Waals surface area contributed by atoms with Gasteiger partial charge in [-0.3, -0.25) is 9.48 Å². The maximum atomic E-state index is 11.8. The van der Waals surface area contributed by atoms with Crippen LogP contribution < -0.4 is 10.1 Å². The van der Waals surface area contributed by atoms with Crippen molar-refractivity contribution in [2.45, 2.75) is 20.0 Å². The van der Waals surface area contributed by atoms with Gasteiger partial charge in [-0.2, -0.15) is 5.10 Å². The standard InChI is InChI=1S/C16H18ClN3O2/c1-3-20-11-14(17)15(19-20)10-18-16(21)9-6-12-4-7-13(22-2)8-5-12/h4-9,11H,3,10H2,1-2H3,(H,18,21)/b9-6+. The molecule has 2 rings (SSSR count). The molecule has 0 bridgehead atoms. The first kappa shape index (κ1) is 16.1. The Labute approximate surface area is 134 Å². The summed E-state index contributed by atoms with van der Waals surface area (Å²) in [6, 6.07) is 7.44. The molecule has 1 aromatic heterocycles. The van der Waals surface area contributed by atoms with Gasteiger partial charge in [0.05, 0.1) is 18.7 Å². The second kappa shape index (κ2) is 7.66. The number of ether oxygens (including phenoxy) is 1. The van der Waals surface area contributed by atoms with Crippen molar-refractivity contribution in [3.05, 3.63) is 52.8 Å². The van der Waals surface area contributed by atoms with Crippen molar-refractivity contribution in [3.63, 3.8) is 0 Å². The van der Waals surface area contributed by atoms with Crippen LogP contribution in [0.25, 0.3) is 6.08 Å². The Bertz CT molecular complexity index is 663. The third-order valence-corrected chi connectivity index (χ3v) is 3.40. The van der Waals surface area contributed by atoms with Crippen molar-refractivity contribution < 1.29 is 9.53 Å². The number of nitrogens with one attached hydrogen (secondary N) is 1. The summed E-state index contributed by atoms with van der Waals surface area (Å²) < 4.78 is 6.81. The summed E-state index contributed by atoms with van der Waals surface area (Å²) in [6.07, 6.45) is 4.96. The number of hydrogen-bond donors (Lipinski definition) is 1. The van der Waals surface area contributed by atoms with E-state index in [9.17, 15) is 4.79 Å². The lowest BCUT2D eigenvalue weighted by atomic mass is 10.2. The average molecular weight is 320 g/mol. The van der Waals surface area contributed by atoms with Crippen molar-refractivity contribution >= 4 is 23.6 Å². The molecule has 1 N–H and O–H groups in total. The van der Waals surface area contributed by atoms with Gasteiger partial charge in [0, 0.05) is 18.8 Å². The van der Waals surface area contributed by atoms with Gasteiger partial charge in [0.15, 0.2) is 0 Å². The number of rotatable bonds is 6. The van der Waals surface area contributed by atoms with Gasteiger partial charge in [-0.05, 0) is 30.7 Å². The molecule has 0 radical (unpaired) electrons. The molecule has 5 nitrogen and oxygen atoms in total. The van der Waals surface area contributed by atoms with Crippen LogP contribution in [0.1, 0.15) is 18.2 Å². The fraction of sp³-hybridized carbons (Fsp3) is 0.250. The third-order valence-electron chi connectivity index (χ3n) is 3.08. The highest BCUT2D eigenvalue weighted by molar-refractivity contribution is 6.31. The van der Waals surface area contributed by atoms with Crippen LogP contribution in [0.15, 0.2) is 36.5 Å². The van der Waals surface area contributed by atoms with Gasteiger partial charge in [-0.25, -0.2) is 0 Å². The molecule has 0 spiro atoms. The maximum Gasteiger partial charge on any atom is 0.244 e. The Hall–Kier alpha value is -2.27. The number of carbonyl (C=O) groups excluding carboxylic acids is 1. The van der Waals surface area contributed by atoms with E-state index in [0.29, 0.717) is 17.3 Å². The van der Waals surface area contributed by atoms with Crippen LogP contribution in [-0.2, 0) is 17.9 Å². The molecule has 22 heavy (non-hydrogen) atoms. The number of aromatic nitrogens is 2. The van der Waals surface area contributed by atoms with E-state index < -0.39 is 0 Å². The molecule has 116 valence electrons. The summed E-state index contributed by atoms with van der Waals surface area (Å²) in [4.78, 5) is 11.8. The number of methoxy groups -OCH3 is 1.